The third-order valence-corrected chi connectivity index (χ3v) is 5.35. The van der Waals surface area contributed by atoms with Gasteiger partial charge in [-0.1, -0.05) is 23.7 Å². The highest BCUT2D eigenvalue weighted by molar-refractivity contribution is 6.30. The zero-order valence-corrected chi connectivity index (χ0v) is 12.9. The minimum atomic E-state index is 0.207. The molecule has 4 heteroatoms. The third-order valence-electron chi connectivity index (χ3n) is 5.10. The lowest BCUT2D eigenvalue weighted by Gasteiger charge is -2.35. The zero-order valence-electron chi connectivity index (χ0n) is 12.2. The van der Waals surface area contributed by atoms with Crippen LogP contribution in [0, 0.1) is 5.92 Å². The zero-order chi connectivity index (χ0) is 14.4. The van der Waals surface area contributed by atoms with Crippen LogP contribution in [0.3, 0.4) is 0 Å². The first-order valence-electron chi connectivity index (χ1n) is 8.00. The van der Waals surface area contributed by atoms with Crippen molar-refractivity contribution < 1.29 is 4.79 Å². The fraction of sp³-hybridized carbons (Fsp3) is 0.588. The normalized spacial score (nSPS) is 29.5. The Morgan fingerprint density at radius 2 is 1.71 bits per heavy atom. The molecular weight excluding hydrogens is 284 g/mol. The van der Waals surface area contributed by atoms with Crippen molar-refractivity contribution in [3.63, 3.8) is 0 Å². The number of hydrogen-bond donors (Lipinski definition) is 0. The van der Waals surface area contributed by atoms with Crippen LogP contribution in [0.2, 0.25) is 5.02 Å². The monoisotopic (exact) mass is 304 g/mol. The average molecular weight is 305 g/mol. The summed E-state index contributed by atoms with van der Waals surface area (Å²) in [6, 6.07) is 8.79. The van der Waals surface area contributed by atoms with Crippen molar-refractivity contribution in [2.24, 2.45) is 5.92 Å². The van der Waals surface area contributed by atoms with Gasteiger partial charge in [-0.05, 0) is 42.9 Å². The molecule has 1 saturated heterocycles. The largest absolute Gasteiger partial charge is 0.340 e. The molecule has 112 valence electrons. The molecule has 0 spiro atoms. The summed E-state index contributed by atoms with van der Waals surface area (Å²) in [5.74, 6) is 0.986. The van der Waals surface area contributed by atoms with Crippen LogP contribution in [0.25, 0.3) is 0 Å². The van der Waals surface area contributed by atoms with Gasteiger partial charge in [0.2, 0.25) is 5.91 Å². The lowest BCUT2D eigenvalue weighted by Crippen LogP contribution is -2.49. The van der Waals surface area contributed by atoms with Crippen LogP contribution in [0.4, 0.5) is 0 Å². The summed E-state index contributed by atoms with van der Waals surface area (Å²) < 4.78 is 0. The highest BCUT2D eigenvalue weighted by atomic mass is 35.5. The second-order valence-corrected chi connectivity index (χ2v) is 7.03. The Morgan fingerprint density at radius 1 is 1.05 bits per heavy atom. The van der Waals surface area contributed by atoms with Gasteiger partial charge in [0, 0.05) is 43.2 Å². The highest BCUT2D eigenvalue weighted by Crippen LogP contribution is 2.48. The molecule has 1 aromatic rings. The molecule has 3 aliphatic rings. The van der Waals surface area contributed by atoms with Crippen LogP contribution in [-0.4, -0.2) is 47.9 Å². The predicted octanol–water partition coefficient (Wildman–Crippen LogP) is 2.75. The van der Waals surface area contributed by atoms with Gasteiger partial charge in [0.05, 0.1) is 0 Å². The van der Waals surface area contributed by atoms with Crippen molar-refractivity contribution in [3.05, 3.63) is 34.9 Å². The Morgan fingerprint density at radius 3 is 2.33 bits per heavy atom. The fourth-order valence-corrected chi connectivity index (χ4v) is 3.65. The predicted molar refractivity (Wildman–Crippen MR) is 83.5 cm³/mol. The van der Waals surface area contributed by atoms with Gasteiger partial charge in [-0.3, -0.25) is 9.69 Å². The van der Waals surface area contributed by atoms with Gasteiger partial charge >= 0.3 is 0 Å². The van der Waals surface area contributed by atoms with E-state index in [1.165, 1.54) is 18.4 Å². The number of carbonyl (C=O) groups excluding carboxylic acids is 1. The van der Waals surface area contributed by atoms with E-state index in [4.69, 9.17) is 11.6 Å². The van der Waals surface area contributed by atoms with Crippen LogP contribution >= 0.6 is 11.6 Å². The Labute approximate surface area is 130 Å². The molecule has 3 nitrogen and oxygen atoms in total. The Hall–Kier alpha value is -1.06. The number of carbonyl (C=O) groups is 1. The molecule has 1 heterocycles. The highest BCUT2D eigenvalue weighted by Gasteiger charge is 2.46. The van der Waals surface area contributed by atoms with Crippen molar-refractivity contribution in [2.45, 2.75) is 31.2 Å². The molecule has 0 N–H and O–H groups in total. The molecule has 2 atom stereocenters. The van der Waals surface area contributed by atoms with Crippen LogP contribution in [0.5, 0.6) is 0 Å². The molecule has 21 heavy (non-hydrogen) atoms. The molecule has 4 rings (SSSR count). The van der Waals surface area contributed by atoms with Crippen LogP contribution in [-0.2, 0) is 4.79 Å². The third kappa shape index (κ3) is 2.82. The van der Waals surface area contributed by atoms with Gasteiger partial charge < -0.3 is 4.90 Å². The van der Waals surface area contributed by atoms with Crippen molar-refractivity contribution in [3.8, 4) is 0 Å². The standard InChI is InChI=1S/C17H21ClN2O/c18-13-3-1-12(2-4-13)15-11-16(15)17(21)20-9-7-19(8-10-20)14-5-6-14/h1-4,14-16H,5-11H2. The van der Waals surface area contributed by atoms with Gasteiger partial charge in [0.15, 0.2) is 0 Å². The minimum absolute atomic E-state index is 0.207. The SMILES string of the molecule is O=C(C1CC1c1ccc(Cl)cc1)N1CCN(C2CC2)CC1. The maximum atomic E-state index is 12.6. The lowest BCUT2D eigenvalue weighted by atomic mass is 10.1. The maximum Gasteiger partial charge on any atom is 0.226 e. The number of halogens is 1. The quantitative estimate of drug-likeness (QED) is 0.857. The molecule has 0 radical (unpaired) electrons. The van der Waals surface area contributed by atoms with Crippen LogP contribution < -0.4 is 0 Å². The van der Waals surface area contributed by atoms with Crippen LogP contribution in [0.1, 0.15) is 30.7 Å². The molecule has 2 unspecified atom stereocenters. The summed E-state index contributed by atoms with van der Waals surface area (Å²) >= 11 is 5.92. The van der Waals surface area contributed by atoms with E-state index in [1.807, 2.05) is 12.1 Å². The molecule has 1 amide bonds. The number of hydrogen-bond acceptors (Lipinski definition) is 2. The summed E-state index contributed by atoms with van der Waals surface area (Å²) in [6.07, 6.45) is 3.72. The minimum Gasteiger partial charge on any atom is -0.340 e. The first kappa shape index (κ1) is 13.6. The molecule has 2 aliphatic carbocycles. The molecule has 0 aromatic heterocycles. The summed E-state index contributed by atoms with van der Waals surface area (Å²) in [7, 11) is 0. The van der Waals surface area contributed by atoms with Gasteiger partial charge in [-0.25, -0.2) is 0 Å². The van der Waals surface area contributed by atoms with E-state index in [0.29, 0.717) is 11.8 Å². The van der Waals surface area contributed by atoms with Gasteiger partial charge in [-0.2, -0.15) is 0 Å². The van der Waals surface area contributed by atoms with E-state index < -0.39 is 0 Å². The average Bonchev–Trinajstić information content (AvgIpc) is 3.39. The molecule has 1 aliphatic heterocycles. The first-order valence-corrected chi connectivity index (χ1v) is 8.38. The van der Waals surface area contributed by atoms with E-state index in [9.17, 15) is 4.79 Å². The van der Waals surface area contributed by atoms with Gasteiger partial charge in [-0.15, -0.1) is 0 Å². The fourth-order valence-electron chi connectivity index (χ4n) is 3.53. The van der Waals surface area contributed by atoms with Crippen molar-refractivity contribution in [1.82, 2.24) is 9.80 Å². The number of piperazine rings is 1. The second kappa shape index (κ2) is 5.29. The second-order valence-electron chi connectivity index (χ2n) is 6.59. The van der Waals surface area contributed by atoms with Gasteiger partial charge in [0.1, 0.15) is 0 Å². The summed E-state index contributed by atoms with van der Waals surface area (Å²) in [6.45, 7) is 3.96. The topological polar surface area (TPSA) is 23.6 Å². The number of benzene rings is 1. The Balaban J connectivity index is 1.33. The molecule has 1 aromatic carbocycles. The van der Waals surface area contributed by atoms with Crippen molar-refractivity contribution in [1.29, 1.82) is 0 Å². The number of rotatable bonds is 3. The van der Waals surface area contributed by atoms with E-state index >= 15 is 0 Å². The van der Waals surface area contributed by atoms with E-state index in [1.54, 1.807) is 0 Å². The summed E-state index contributed by atoms with van der Waals surface area (Å²) in [5.41, 5.74) is 1.26. The Kier molecular flexibility index (Phi) is 3.43. The lowest BCUT2D eigenvalue weighted by molar-refractivity contribution is -0.134. The Bertz CT molecular complexity index is 532. The number of nitrogens with zero attached hydrogens (tertiary/aromatic N) is 2. The summed E-state index contributed by atoms with van der Waals surface area (Å²) in [4.78, 5) is 17.2. The molecular formula is C17H21ClN2O. The molecule has 0 bridgehead atoms. The van der Waals surface area contributed by atoms with E-state index in [0.717, 1.165) is 43.7 Å². The number of amides is 1. The maximum absolute atomic E-state index is 12.6. The van der Waals surface area contributed by atoms with Crippen molar-refractivity contribution in [2.75, 3.05) is 26.2 Å². The molecule has 2 saturated carbocycles. The first-order chi connectivity index (χ1) is 10.2. The van der Waals surface area contributed by atoms with Crippen LogP contribution in [0.15, 0.2) is 24.3 Å². The van der Waals surface area contributed by atoms with E-state index in [-0.39, 0.29) is 5.92 Å². The summed E-state index contributed by atoms with van der Waals surface area (Å²) in [5, 5.41) is 0.762. The molecule has 3 fully saturated rings. The van der Waals surface area contributed by atoms with Gasteiger partial charge in [0.25, 0.3) is 0 Å². The van der Waals surface area contributed by atoms with E-state index in [2.05, 4.69) is 21.9 Å². The van der Waals surface area contributed by atoms with Crippen molar-refractivity contribution >= 4 is 17.5 Å². The smallest absolute Gasteiger partial charge is 0.226 e.